The van der Waals surface area contributed by atoms with Crippen LogP contribution in [-0.2, 0) is 14.2 Å². The van der Waals surface area contributed by atoms with Gasteiger partial charge in [0, 0.05) is 73.5 Å². The highest BCUT2D eigenvalue weighted by atomic mass is 16.9. The lowest BCUT2D eigenvalue weighted by molar-refractivity contribution is -0.424. The fraction of sp³-hybridized carbons (Fsp3) is 0.433. The van der Waals surface area contributed by atoms with Gasteiger partial charge in [0.05, 0.1) is 13.2 Å². The van der Waals surface area contributed by atoms with Gasteiger partial charge in [-0.3, -0.25) is 14.6 Å². The highest BCUT2D eigenvalue weighted by Crippen LogP contribution is 2.32. The Hall–Kier alpha value is -3.21. The number of rotatable bonds is 8. The minimum atomic E-state index is -0.183. The van der Waals surface area contributed by atoms with Gasteiger partial charge in [-0.05, 0) is 37.3 Å². The van der Waals surface area contributed by atoms with E-state index in [4.69, 9.17) is 18.9 Å². The summed E-state index contributed by atoms with van der Waals surface area (Å²) in [5.74, 6) is 0.692. The van der Waals surface area contributed by atoms with E-state index in [-0.39, 0.29) is 18.6 Å². The van der Waals surface area contributed by atoms with Gasteiger partial charge in [-0.25, -0.2) is 0 Å². The number of morpholine rings is 1. The summed E-state index contributed by atoms with van der Waals surface area (Å²) in [5, 5.41) is 5.06. The molecular formula is C30H36N4O5. The van der Waals surface area contributed by atoms with E-state index in [1.54, 1.807) is 0 Å². The van der Waals surface area contributed by atoms with Crippen molar-refractivity contribution in [3.05, 3.63) is 66.2 Å². The molecular weight excluding hydrogens is 496 g/mol. The normalized spacial score (nSPS) is 22.4. The quantitative estimate of drug-likeness (QED) is 0.472. The number of benzene rings is 3. The molecule has 3 aliphatic heterocycles. The topological polar surface area (TPSA) is 75.7 Å². The third-order valence-corrected chi connectivity index (χ3v) is 7.60. The Morgan fingerprint density at radius 2 is 1.69 bits per heavy atom. The molecule has 3 heterocycles. The van der Waals surface area contributed by atoms with Crippen molar-refractivity contribution in [2.45, 2.75) is 19.6 Å². The fourth-order valence-electron chi connectivity index (χ4n) is 5.36. The first-order chi connectivity index (χ1) is 19.1. The van der Waals surface area contributed by atoms with E-state index in [9.17, 15) is 4.79 Å². The molecule has 3 aromatic carbocycles. The Bertz CT molecular complexity index is 1280. The van der Waals surface area contributed by atoms with Crippen molar-refractivity contribution in [1.82, 2.24) is 9.80 Å². The molecule has 1 N–H and O–H groups in total. The summed E-state index contributed by atoms with van der Waals surface area (Å²) in [6, 6.07) is 19.7. The Labute approximate surface area is 229 Å². The molecule has 0 bridgehead atoms. The summed E-state index contributed by atoms with van der Waals surface area (Å²) < 4.78 is 22.9. The number of nitrogens with one attached hydrogen (secondary N) is 1. The number of anilines is 2. The largest absolute Gasteiger partial charge is 0.492 e. The van der Waals surface area contributed by atoms with Gasteiger partial charge in [0.1, 0.15) is 12.4 Å². The molecule has 0 spiro atoms. The number of carbonyl (C=O) groups excluding carboxylic acids is 1. The zero-order chi connectivity index (χ0) is 26.6. The molecule has 9 nitrogen and oxygen atoms in total. The third-order valence-electron chi connectivity index (χ3n) is 7.60. The van der Waals surface area contributed by atoms with Gasteiger partial charge >= 0.3 is 0 Å². The third kappa shape index (κ3) is 6.03. The van der Waals surface area contributed by atoms with Gasteiger partial charge in [-0.2, -0.15) is 0 Å². The van der Waals surface area contributed by atoms with Crippen LogP contribution in [-0.4, -0.2) is 94.0 Å². The van der Waals surface area contributed by atoms with Gasteiger partial charge in [-0.1, -0.05) is 30.3 Å². The van der Waals surface area contributed by atoms with E-state index >= 15 is 0 Å². The maximum atomic E-state index is 13.2. The van der Waals surface area contributed by atoms with E-state index in [0.29, 0.717) is 25.4 Å². The van der Waals surface area contributed by atoms with Crippen molar-refractivity contribution < 1.29 is 23.7 Å². The zero-order valence-corrected chi connectivity index (χ0v) is 22.4. The number of hydrogen-bond acceptors (Lipinski definition) is 8. The van der Waals surface area contributed by atoms with E-state index in [0.717, 1.165) is 73.7 Å². The molecule has 0 radical (unpaired) electrons. The molecule has 0 unspecified atom stereocenters. The molecule has 3 aliphatic rings. The maximum absolute atomic E-state index is 13.2. The number of carbonyl (C=O) groups is 1. The second-order valence-electron chi connectivity index (χ2n) is 10.1. The van der Waals surface area contributed by atoms with Crippen LogP contribution in [0.4, 0.5) is 11.4 Å². The first-order valence-electron chi connectivity index (χ1n) is 13.8. The fourth-order valence-corrected chi connectivity index (χ4v) is 5.36. The minimum Gasteiger partial charge on any atom is -0.492 e. The van der Waals surface area contributed by atoms with Crippen molar-refractivity contribution in [1.29, 1.82) is 0 Å². The van der Waals surface area contributed by atoms with Crippen LogP contribution < -0.4 is 15.0 Å². The second-order valence-corrected chi connectivity index (χ2v) is 10.1. The monoisotopic (exact) mass is 532 g/mol. The molecule has 3 aromatic rings. The highest BCUT2D eigenvalue weighted by molar-refractivity contribution is 6.10. The molecule has 6 rings (SSSR count). The summed E-state index contributed by atoms with van der Waals surface area (Å²) in [6.07, 6.45) is -0.278. The van der Waals surface area contributed by atoms with E-state index in [2.05, 4.69) is 20.0 Å². The molecule has 0 atom stereocenters. The van der Waals surface area contributed by atoms with Gasteiger partial charge in [-0.15, -0.1) is 0 Å². The average Bonchev–Trinajstić information content (AvgIpc) is 2.97. The summed E-state index contributed by atoms with van der Waals surface area (Å²) >= 11 is 0. The number of nitrogens with zero attached hydrogens (tertiary/aromatic N) is 3. The van der Waals surface area contributed by atoms with Gasteiger partial charge in [0.15, 0.2) is 6.29 Å². The van der Waals surface area contributed by atoms with Gasteiger partial charge in [0.25, 0.3) is 5.91 Å². The minimum absolute atomic E-state index is 0.0949. The lowest BCUT2D eigenvalue weighted by Gasteiger charge is -2.44. The molecule has 1 amide bonds. The smallest absolute Gasteiger partial charge is 0.255 e. The van der Waals surface area contributed by atoms with Crippen LogP contribution in [0.15, 0.2) is 60.7 Å². The van der Waals surface area contributed by atoms with Crippen LogP contribution in [0.2, 0.25) is 0 Å². The summed E-state index contributed by atoms with van der Waals surface area (Å²) in [5.41, 5.74) is 2.44. The molecule has 3 fully saturated rings. The van der Waals surface area contributed by atoms with E-state index in [1.165, 1.54) is 0 Å². The molecule has 206 valence electrons. The van der Waals surface area contributed by atoms with Gasteiger partial charge < -0.3 is 29.2 Å². The molecule has 39 heavy (non-hydrogen) atoms. The van der Waals surface area contributed by atoms with Crippen molar-refractivity contribution in [3.63, 3.8) is 0 Å². The Balaban J connectivity index is 1.07. The molecule has 0 aliphatic carbocycles. The number of amides is 1. The van der Waals surface area contributed by atoms with E-state index < -0.39 is 0 Å². The predicted octanol–water partition coefficient (Wildman–Crippen LogP) is 3.60. The number of fused-ring (bicyclic) bond motifs is 1. The van der Waals surface area contributed by atoms with Gasteiger partial charge in [0.2, 0.25) is 6.41 Å². The standard InChI is InChI=1S/C30H36N4O5/c1-22-38-30(39-22)34-13-11-32(12-14-34)15-20-37-28-10-9-27(25-7-2-3-8-26(25)28)31-29(35)23-5-4-6-24(21-23)33-16-18-36-19-17-33/h2-10,21-22,30H,11-20H2,1H3,(H,31,35). The van der Waals surface area contributed by atoms with Crippen LogP contribution in [0, 0.1) is 0 Å². The van der Waals surface area contributed by atoms with Crippen molar-refractivity contribution in [2.75, 3.05) is 75.9 Å². The predicted molar refractivity (Wildman–Crippen MR) is 150 cm³/mol. The number of hydrogen-bond donors (Lipinski definition) is 1. The molecule has 0 aromatic heterocycles. The Morgan fingerprint density at radius 3 is 2.46 bits per heavy atom. The van der Waals surface area contributed by atoms with Crippen LogP contribution in [0.25, 0.3) is 10.8 Å². The number of ether oxygens (including phenoxy) is 4. The Morgan fingerprint density at radius 1 is 0.923 bits per heavy atom. The summed E-state index contributed by atoms with van der Waals surface area (Å²) in [6.45, 7) is 10.2. The zero-order valence-electron chi connectivity index (χ0n) is 22.4. The first kappa shape index (κ1) is 26.0. The van der Waals surface area contributed by atoms with Crippen molar-refractivity contribution in [3.8, 4) is 5.75 Å². The van der Waals surface area contributed by atoms with Crippen LogP contribution in [0.1, 0.15) is 17.3 Å². The lowest BCUT2D eigenvalue weighted by Crippen LogP contribution is -2.57. The number of piperazine rings is 1. The lowest BCUT2D eigenvalue weighted by atomic mass is 10.1. The SMILES string of the molecule is CC1OC(N2CCN(CCOc3ccc(NC(=O)c4cccc(N5CCOCC5)c4)c4ccccc34)CC2)O1. The molecule has 9 heteroatoms. The maximum Gasteiger partial charge on any atom is 0.255 e. The molecule has 0 saturated carbocycles. The highest BCUT2D eigenvalue weighted by Gasteiger charge is 2.34. The van der Waals surface area contributed by atoms with Crippen molar-refractivity contribution in [2.24, 2.45) is 0 Å². The average molecular weight is 533 g/mol. The first-order valence-corrected chi connectivity index (χ1v) is 13.8. The van der Waals surface area contributed by atoms with Crippen LogP contribution in [0.5, 0.6) is 5.75 Å². The van der Waals surface area contributed by atoms with Crippen LogP contribution >= 0.6 is 0 Å². The summed E-state index contributed by atoms with van der Waals surface area (Å²) in [7, 11) is 0. The Kier molecular flexibility index (Phi) is 7.94. The summed E-state index contributed by atoms with van der Waals surface area (Å²) in [4.78, 5) is 20.1. The van der Waals surface area contributed by atoms with Crippen molar-refractivity contribution >= 4 is 28.1 Å². The van der Waals surface area contributed by atoms with E-state index in [1.807, 2.05) is 67.6 Å². The second kappa shape index (κ2) is 11.9. The van der Waals surface area contributed by atoms with Crippen LogP contribution in [0.3, 0.4) is 0 Å². The molecule has 3 saturated heterocycles.